The molecule has 0 radical (unpaired) electrons. The van der Waals surface area contributed by atoms with Crippen molar-refractivity contribution in [3.8, 4) is 0 Å². The standard InChI is InChI=1S/C12H19NO2/c14-12(15)9-5-10-3-4-11(6-9)13(10)7-8-1-2-8/h8-11H,1-7H2,(H,14,15)/t9?,10-,11+. The van der Waals surface area contributed by atoms with Gasteiger partial charge >= 0.3 is 5.97 Å². The number of fused-ring (bicyclic) bond motifs is 2. The van der Waals surface area contributed by atoms with Crippen molar-refractivity contribution in [2.45, 2.75) is 50.6 Å². The van der Waals surface area contributed by atoms with Gasteiger partial charge in [-0.1, -0.05) is 0 Å². The van der Waals surface area contributed by atoms with Gasteiger partial charge in [0.25, 0.3) is 0 Å². The van der Waals surface area contributed by atoms with Crippen molar-refractivity contribution < 1.29 is 9.90 Å². The highest BCUT2D eigenvalue weighted by atomic mass is 16.4. The highest BCUT2D eigenvalue weighted by molar-refractivity contribution is 5.70. The summed E-state index contributed by atoms with van der Waals surface area (Å²) in [7, 11) is 0. The van der Waals surface area contributed by atoms with Crippen molar-refractivity contribution in [2.75, 3.05) is 6.54 Å². The second kappa shape index (κ2) is 3.48. The van der Waals surface area contributed by atoms with E-state index in [0.717, 1.165) is 18.8 Å². The largest absolute Gasteiger partial charge is 0.481 e. The molecule has 2 bridgehead atoms. The highest BCUT2D eigenvalue weighted by Gasteiger charge is 2.44. The first-order valence-corrected chi connectivity index (χ1v) is 6.22. The van der Waals surface area contributed by atoms with Crippen LogP contribution in [0.3, 0.4) is 0 Å². The lowest BCUT2D eigenvalue weighted by Gasteiger charge is -2.37. The summed E-state index contributed by atoms with van der Waals surface area (Å²) in [6, 6.07) is 1.18. The van der Waals surface area contributed by atoms with Crippen LogP contribution in [0, 0.1) is 11.8 Å². The molecule has 0 aromatic rings. The lowest BCUT2D eigenvalue weighted by atomic mass is 9.90. The van der Waals surface area contributed by atoms with Crippen molar-refractivity contribution >= 4 is 5.97 Å². The second-order valence-corrected chi connectivity index (χ2v) is 5.53. The fraction of sp³-hybridized carbons (Fsp3) is 0.917. The zero-order valence-corrected chi connectivity index (χ0v) is 9.06. The monoisotopic (exact) mass is 209 g/mol. The summed E-state index contributed by atoms with van der Waals surface area (Å²) in [4.78, 5) is 13.6. The van der Waals surface area contributed by atoms with Crippen molar-refractivity contribution in [2.24, 2.45) is 11.8 Å². The molecule has 84 valence electrons. The number of aliphatic carboxylic acids is 1. The van der Waals surface area contributed by atoms with Gasteiger partial charge < -0.3 is 5.11 Å². The lowest BCUT2D eigenvalue weighted by Crippen LogP contribution is -2.45. The first kappa shape index (κ1) is 9.64. The normalized spacial score (nSPS) is 40.7. The molecule has 2 heterocycles. The van der Waals surface area contributed by atoms with Gasteiger partial charge in [-0.15, -0.1) is 0 Å². The minimum absolute atomic E-state index is 0.0575. The number of nitrogens with zero attached hydrogens (tertiary/aromatic N) is 1. The Balaban J connectivity index is 1.66. The predicted molar refractivity (Wildman–Crippen MR) is 56.6 cm³/mol. The molecule has 3 aliphatic rings. The third-order valence-electron chi connectivity index (χ3n) is 4.40. The molecule has 0 amide bonds. The smallest absolute Gasteiger partial charge is 0.306 e. The quantitative estimate of drug-likeness (QED) is 0.769. The van der Waals surface area contributed by atoms with Gasteiger partial charge in [0.2, 0.25) is 0 Å². The lowest BCUT2D eigenvalue weighted by molar-refractivity contribution is -0.144. The summed E-state index contributed by atoms with van der Waals surface area (Å²) in [5.74, 6) is 0.311. The Morgan fingerprint density at radius 2 is 1.73 bits per heavy atom. The molecule has 1 aliphatic carbocycles. The number of hydrogen-bond donors (Lipinski definition) is 1. The summed E-state index contributed by atoms with van der Waals surface area (Å²) in [5.41, 5.74) is 0. The van der Waals surface area contributed by atoms with E-state index < -0.39 is 5.97 Å². The van der Waals surface area contributed by atoms with Gasteiger partial charge in [0.1, 0.15) is 0 Å². The number of rotatable bonds is 3. The first-order chi connectivity index (χ1) is 7.24. The van der Waals surface area contributed by atoms with Gasteiger partial charge in [0.05, 0.1) is 5.92 Å². The molecular formula is C12H19NO2. The number of carboxylic acids is 1. The Morgan fingerprint density at radius 3 is 2.20 bits per heavy atom. The molecule has 0 aromatic heterocycles. The average molecular weight is 209 g/mol. The van der Waals surface area contributed by atoms with Crippen LogP contribution in [0.25, 0.3) is 0 Å². The number of carbonyl (C=O) groups is 1. The van der Waals surface area contributed by atoms with E-state index in [4.69, 9.17) is 5.11 Å². The van der Waals surface area contributed by atoms with Crippen molar-refractivity contribution in [1.82, 2.24) is 4.90 Å². The van der Waals surface area contributed by atoms with Gasteiger partial charge in [0.15, 0.2) is 0 Å². The van der Waals surface area contributed by atoms with Crippen molar-refractivity contribution in [3.63, 3.8) is 0 Å². The topological polar surface area (TPSA) is 40.5 Å². The van der Waals surface area contributed by atoms with Crippen LogP contribution in [-0.2, 0) is 4.79 Å². The molecule has 3 heteroatoms. The summed E-state index contributed by atoms with van der Waals surface area (Å²) >= 11 is 0. The molecule has 1 N–H and O–H groups in total. The summed E-state index contributed by atoms with van der Waals surface area (Å²) in [5, 5.41) is 9.06. The first-order valence-electron chi connectivity index (χ1n) is 6.22. The van der Waals surface area contributed by atoms with Crippen LogP contribution in [0.1, 0.15) is 38.5 Å². The van der Waals surface area contributed by atoms with Gasteiger partial charge in [-0.2, -0.15) is 0 Å². The molecule has 15 heavy (non-hydrogen) atoms. The third kappa shape index (κ3) is 1.78. The molecule has 0 aromatic carbocycles. The number of hydrogen-bond acceptors (Lipinski definition) is 2. The minimum atomic E-state index is -0.571. The second-order valence-electron chi connectivity index (χ2n) is 5.53. The number of piperidine rings is 1. The van der Waals surface area contributed by atoms with Crippen molar-refractivity contribution in [1.29, 1.82) is 0 Å². The molecule has 3 nitrogen and oxygen atoms in total. The molecule has 3 atom stereocenters. The minimum Gasteiger partial charge on any atom is -0.481 e. The Labute approximate surface area is 90.5 Å². The van der Waals surface area contributed by atoms with E-state index in [1.165, 1.54) is 32.2 Å². The molecule has 1 saturated carbocycles. The van der Waals surface area contributed by atoms with Gasteiger partial charge in [0, 0.05) is 18.6 Å². The summed E-state index contributed by atoms with van der Waals surface area (Å²) in [6.45, 7) is 1.25. The van der Waals surface area contributed by atoms with Crippen LogP contribution in [0.2, 0.25) is 0 Å². The SMILES string of the molecule is O=C(O)C1C[C@H]2CC[C@@H](C1)N2CC1CC1. The molecular weight excluding hydrogens is 190 g/mol. The molecule has 0 spiro atoms. The zero-order chi connectivity index (χ0) is 10.4. The highest BCUT2D eigenvalue weighted by Crippen LogP contribution is 2.41. The van der Waals surface area contributed by atoms with Crippen molar-refractivity contribution in [3.05, 3.63) is 0 Å². The zero-order valence-electron chi connectivity index (χ0n) is 9.06. The Bertz CT molecular complexity index is 261. The van der Waals surface area contributed by atoms with E-state index in [-0.39, 0.29) is 5.92 Å². The van der Waals surface area contributed by atoms with Crippen LogP contribution in [0.5, 0.6) is 0 Å². The molecule has 3 rings (SSSR count). The average Bonchev–Trinajstić information content (AvgIpc) is 2.94. The van der Waals surface area contributed by atoms with E-state index in [9.17, 15) is 4.79 Å². The van der Waals surface area contributed by atoms with Crippen LogP contribution in [0.4, 0.5) is 0 Å². The van der Waals surface area contributed by atoms with E-state index in [2.05, 4.69) is 4.90 Å². The summed E-state index contributed by atoms with van der Waals surface area (Å²) < 4.78 is 0. The molecule has 2 aliphatic heterocycles. The van der Waals surface area contributed by atoms with Gasteiger partial charge in [-0.05, 0) is 44.4 Å². The maximum absolute atomic E-state index is 11.0. The Morgan fingerprint density at radius 1 is 1.13 bits per heavy atom. The number of carboxylic acid groups (broad SMARTS) is 1. The van der Waals surface area contributed by atoms with E-state index in [1.54, 1.807) is 0 Å². The third-order valence-corrected chi connectivity index (χ3v) is 4.40. The summed E-state index contributed by atoms with van der Waals surface area (Å²) in [6.07, 6.45) is 7.08. The molecule has 3 fully saturated rings. The Hall–Kier alpha value is -0.570. The fourth-order valence-corrected chi connectivity index (χ4v) is 3.37. The molecule has 2 saturated heterocycles. The maximum atomic E-state index is 11.0. The van der Waals surface area contributed by atoms with Gasteiger partial charge in [-0.3, -0.25) is 9.69 Å². The fourth-order valence-electron chi connectivity index (χ4n) is 3.37. The van der Waals surface area contributed by atoms with Gasteiger partial charge in [-0.25, -0.2) is 0 Å². The predicted octanol–water partition coefficient (Wildman–Crippen LogP) is 1.72. The van der Waals surface area contributed by atoms with Crippen LogP contribution in [-0.4, -0.2) is 34.6 Å². The van der Waals surface area contributed by atoms with E-state index in [0.29, 0.717) is 12.1 Å². The molecule has 1 unspecified atom stereocenters. The van der Waals surface area contributed by atoms with Crippen LogP contribution in [0.15, 0.2) is 0 Å². The van der Waals surface area contributed by atoms with E-state index >= 15 is 0 Å². The maximum Gasteiger partial charge on any atom is 0.306 e. The van der Waals surface area contributed by atoms with Crippen LogP contribution >= 0.6 is 0 Å². The Kier molecular flexibility index (Phi) is 2.23. The van der Waals surface area contributed by atoms with Crippen LogP contribution < -0.4 is 0 Å². The van der Waals surface area contributed by atoms with E-state index in [1.807, 2.05) is 0 Å².